The summed E-state index contributed by atoms with van der Waals surface area (Å²) in [4.78, 5) is 28.4. The summed E-state index contributed by atoms with van der Waals surface area (Å²) < 4.78 is 22.0. The normalized spacial score (nSPS) is 27.4. The zero-order valence-corrected chi connectivity index (χ0v) is 18.0. The Morgan fingerprint density at radius 3 is 2.50 bits per heavy atom. The zero-order valence-electron chi connectivity index (χ0n) is 18.0. The van der Waals surface area contributed by atoms with Crippen molar-refractivity contribution in [2.24, 2.45) is 11.8 Å². The van der Waals surface area contributed by atoms with Gasteiger partial charge >= 0.3 is 0 Å². The van der Waals surface area contributed by atoms with Crippen LogP contribution in [-0.2, 0) is 14.3 Å². The molecule has 2 aromatic carbocycles. The number of fused-ring (bicyclic) bond motifs is 1. The molecule has 1 spiro atoms. The molecule has 2 amide bonds. The Hall–Kier alpha value is -3.52. The van der Waals surface area contributed by atoms with Gasteiger partial charge in [-0.15, -0.1) is 0 Å². The second-order valence-electron chi connectivity index (χ2n) is 8.08. The molecule has 3 aliphatic heterocycles. The van der Waals surface area contributed by atoms with Crippen molar-refractivity contribution >= 4 is 23.2 Å². The first kappa shape index (κ1) is 20.4. The van der Waals surface area contributed by atoms with Crippen molar-refractivity contribution in [3.05, 3.63) is 54.6 Å². The molecule has 0 saturated carbocycles. The fraction of sp³-hybridized carbons (Fsp3) is 0.333. The highest BCUT2D eigenvalue weighted by atomic mass is 16.5. The van der Waals surface area contributed by atoms with E-state index >= 15 is 0 Å². The summed E-state index contributed by atoms with van der Waals surface area (Å²) in [6, 6.07) is 12.4. The lowest BCUT2D eigenvalue weighted by Gasteiger charge is -2.23. The zero-order chi connectivity index (χ0) is 22.5. The maximum atomic E-state index is 13.4. The molecule has 0 aliphatic carbocycles. The Kier molecular flexibility index (Phi) is 4.82. The van der Waals surface area contributed by atoms with E-state index < -0.39 is 23.5 Å². The molecule has 2 saturated heterocycles. The van der Waals surface area contributed by atoms with Crippen LogP contribution in [0.4, 0.5) is 11.4 Å². The molecule has 2 bridgehead atoms. The van der Waals surface area contributed by atoms with Gasteiger partial charge in [-0.25, -0.2) is 0 Å². The van der Waals surface area contributed by atoms with Gasteiger partial charge in [0.1, 0.15) is 11.4 Å². The number of methoxy groups -OCH3 is 3. The van der Waals surface area contributed by atoms with Crippen molar-refractivity contribution in [2.75, 3.05) is 38.1 Å². The predicted molar refractivity (Wildman–Crippen MR) is 117 cm³/mol. The number of nitrogens with one attached hydrogen (secondary N) is 1. The molecular formula is C24H24N2O6. The molecule has 2 aromatic rings. The molecular weight excluding hydrogens is 412 g/mol. The molecule has 5 rings (SSSR count). The van der Waals surface area contributed by atoms with Crippen LogP contribution in [-0.4, -0.2) is 51.4 Å². The van der Waals surface area contributed by atoms with Gasteiger partial charge in [-0.05, 0) is 36.4 Å². The van der Waals surface area contributed by atoms with Crippen molar-refractivity contribution in [3.63, 3.8) is 0 Å². The van der Waals surface area contributed by atoms with E-state index in [1.807, 2.05) is 36.4 Å². The molecule has 3 unspecified atom stereocenters. The molecule has 166 valence electrons. The van der Waals surface area contributed by atoms with E-state index in [-0.39, 0.29) is 11.8 Å². The number of hydrogen-bond donors (Lipinski definition) is 1. The van der Waals surface area contributed by atoms with Gasteiger partial charge in [-0.2, -0.15) is 0 Å². The van der Waals surface area contributed by atoms with Gasteiger partial charge in [-0.1, -0.05) is 12.2 Å². The van der Waals surface area contributed by atoms with E-state index in [1.165, 1.54) is 7.11 Å². The summed E-state index contributed by atoms with van der Waals surface area (Å²) in [5.74, 6) is 0.203. The van der Waals surface area contributed by atoms with Crippen LogP contribution in [0.1, 0.15) is 0 Å². The SMILES string of the molecule is COc1ccc(N2C[C@@]34C=CC(O3)C(C(=O)Nc3ccc(OC)c(OC)c3)C4C2=O)cc1. The highest BCUT2D eigenvalue weighted by molar-refractivity contribution is 6.05. The number of ether oxygens (including phenoxy) is 4. The minimum Gasteiger partial charge on any atom is -0.497 e. The fourth-order valence-electron chi connectivity index (χ4n) is 4.92. The number of rotatable bonds is 6. The monoisotopic (exact) mass is 436 g/mol. The highest BCUT2D eigenvalue weighted by Crippen LogP contribution is 2.53. The van der Waals surface area contributed by atoms with E-state index in [2.05, 4.69) is 5.32 Å². The summed E-state index contributed by atoms with van der Waals surface area (Å²) in [5.41, 5.74) is 0.520. The van der Waals surface area contributed by atoms with Crippen LogP contribution in [0.15, 0.2) is 54.6 Å². The quantitative estimate of drug-likeness (QED) is 0.701. The molecule has 3 heterocycles. The van der Waals surface area contributed by atoms with Gasteiger partial charge < -0.3 is 29.2 Å². The number of carbonyl (C=O) groups is 2. The Bertz CT molecular complexity index is 1100. The van der Waals surface area contributed by atoms with Crippen LogP contribution < -0.4 is 24.4 Å². The third kappa shape index (κ3) is 3.02. The maximum Gasteiger partial charge on any atom is 0.234 e. The Morgan fingerprint density at radius 2 is 1.81 bits per heavy atom. The Morgan fingerprint density at radius 1 is 1.06 bits per heavy atom. The van der Waals surface area contributed by atoms with Gasteiger partial charge in [0.15, 0.2) is 11.5 Å². The van der Waals surface area contributed by atoms with Crippen LogP contribution in [0.3, 0.4) is 0 Å². The largest absolute Gasteiger partial charge is 0.497 e. The van der Waals surface area contributed by atoms with Gasteiger partial charge in [0.25, 0.3) is 0 Å². The van der Waals surface area contributed by atoms with Gasteiger partial charge in [0.05, 0.1) is 45.8 Å². The summed E-state index contributed by atoms with van der Waals surface area (Å²) in [6.07, 6.45) is 3.39. The van der Waals surface area contributed by atoms with Crippen LogP contribution in [0, 0.1) is 11.8 Å². The first-order valence-electron chi connectivity index (χ1n) is 10.3. The van der Waals surface area contributed by atoms with Crippen molar-refractivity contribution < 1.29 is 28.5 Å². The molecule has 8 nitrogen and oxygen atoms in total. The lowest BCUT2D eigenvalue weighted by Crippen LogP contribution is -2.41. The average Bonchev–Trinajstić information content (AvgIpc) is 3.47. The molecule has 2 fully saturated rings. The summed E-state index contributed by atoms with van der Waals surface area (Å²) in [6.45, 7) is 0.371. The molecule has 4 atom stereocenters. The third-order valence-electron chi connectivity index (χ3n) is 6.44. The smallest absolute Gasteiger partial charge is 0.234 e. The predicted octanol–water partition coefficient (Wildman–Crippen LogP) is 2.64. The van der Waals surface area contributed by atoms with Crippen molar-refractivity contribution in [1.82, 2.24) is 0 Å². The lowest BCUT2D eigenvalue weighted by molar-refractivity contribution is -0.128. The standard InChI is InChI=1S/C24H24N2O6/c1-29-16-7-5-15(6-8-16)26-13-24-11-10-18(32-24)20(21(24)23(26)28)22(27)25-14-4-9-17(30-2)19(12-14)31-3/h4-12,18,20-21H,13H2,1-3H3,(H,25,27)/t18?,20?,21?,24-/m1/s1. The van der Waals surface area contributed by atoms with Crippen molar-refractivity contribution in [2.45, 2.75) is 11.7 Å². The van der Waals surface area contributed by atoms with Gasteiger partial charge in [0, 0.05) is 17.4 Å². The van der Waals surface area contributed by atoms with Crippen LogP contribution in [0.25, 0.3) is 0 Å². The van der Waals surface area contributed by atoms with E-state index in [0.29, 0.717) is 29.5 Å². The topological polar surface area (TPSA) is 86.3 Å². The minimum absolute atomic E-state index is 0.116. The van der Waals surface area contributed by atoms with Crippen LogP contribution in [0.2, 0.25) is 0 Å². The molecule has 32 heavy (non-hydrogen) atoms. The number of benzene rings is 2. The summed E-state index contributed by atoms with van der Waals surface area (Å²) in [5, 5.41) is 2.92. The van der Waals surface area contributed by atoms with Crippen LogP contribution >= 0.6 is 0 Å². The second kappa shape index (κ2) is 7.56. The summed E-state index contributed by atoms with van der Waals surface area (Å²) in [7, 11) is 4.68. The molecule has 3 aliphatic rings. The minimum atomic E-state index is -0.790. The van der Waals surface area contributed by atoms with Gasteiger partial charge in [0.2, 0.25) is 11.8 Å². The number of nitrogens with zero attached hydrogens (tertiary/aromatic N) is 1. The summed E-state index contributed by atoms with van der Waals surface area (Å²) >= 11 is 0. The van der Waals surface area contributed by atoms with E-state index in [1.54, 1.807) is 37.3 Å². The lowest BCUT2D eigenvalue weighted by atomic mass is 9.77. The number of anilines is 2. The van der Waals surface area contributed by atoms with Crippen molar-refractivity contribution in [3.8, 4) is 17.2 Å². The first-order valence-corrected chi connectivity index (χ1v) is 10.3. The second-order valence-corrected chi connectivity index (χ2v) is 8.08. The highest BCUT2D eigenvalue weighted by Gasteiger charge is 2.67. The fourth-order valence-corrected chi connectivity index (χ4v) is 4.92. The molecule has 0 aromatic heterocycles. The van der Waals surface area contributed by atoms with E-state index in [9.17, 15) is 9.59 Å². The molecule has 8 heteroatoms. The van der Waals surface area contributed by atoms with E-state index in [0.717, 1.165) is 5.69 Å². The van der Waals surface area contributed by atoms with Crippen molar-refractivity contribution in [1.29, 1.82) is 0 Å². The van der Waals surface area contributed by atoms with Crippen LogP contribution in [0.5, 0.6) is 17.2 Å². The average molecular weight is 436 g/mol. The molecule has 1 N–H and O–H groups in total. The third-order valence-corrected chi connectivity index (χ3v) is 6.44. The first-order chi connectivity index (χ1) is 15.5. The number of amides is 2. The van der Waals surface area contributed by atoms with E-state index in [4.69, 9.17) is 18.9 Å². The van der Waals surface area contributed by atoms with Gasteiger partial charge in [-0.3, -0.25) is 9.59 Å². The Balaban J connectivity index is 1.39. The number of hydrogen-bond acceptors (Lipinski definition) is 6. The molecule has 0 radical (unpaired) electrons. The maximum absolute atomic E-state index is 13.4. The number of carbonyl (C=O) groups excluding carboxylic acids is 2. The Labute approximate surface area is 185 Å².